The van der Waals surface area contributed by atoms with Gasteiger partial charge >= 0.3 is 0 Å². The van der Waals surface area contributed by atoms with Gasteiger partial charge in [0.1, 0.15) is 9.84 Å². The molecule has 0 radical (unpaired) electrons. The quantitative estimate of drug-likeness (QED) is 0.837. The average molecular weight is 256 g/mol. The van der Waals surface area contributed by atoms with E-state index >= 15 is 0 Å². The summed E-state index contributed by atoms with van der Waals surface area (Å²) in [4.78, 5) is 4.11. The van der Waals surface area contributed by atoms with Gasteiger partial charge in [-0.15, -0.1) is 0 Å². The number of nitrogens with zero attached hydrogens (tertiary/aromatic N) is 1. The molecule has 0 spiro atoms. The maximum atomic E-state index is 11.4. The molecule has 0 saturated heterocycles. The molecule has 17 heavy (non-hydrogen) atoms. The number of sulfone groups is 1. The fourth-order valence-corrected chi connectivity index (χ4v) is 2.58. The van der Waals surface area contributed by atoms with Crippen molar-refractivity contribution in [2.24, 2.45) is 0 Å². The van der Waals surface area contributed by atoms with E-state index in [2.05, 4.69) is 17.2 Å². The third-order valence-corrected chi connectivity index (χ3v) is 3.35. The molecule has 0 bridgehead atoms. The Bertz CT molecular complexity index is 457. The lowest BCUT2D eigenvalue weighted by Gasteiger charge is -2.18. The molecular weight excluding hydrogens is 236 g/mol. The summed E-state index contributed by atoms with van der Waals surface area (Å²) in [6, 6.07) is 1.81. The number of hydrogen-bond donors (Lipinski definition) is 1. The first kappa shape index (κ1) is 14.1. The van der Waals surface area contributed by atoms with Gasteiger partial charge in [-0.3, -0.25) is 4.98 Å². The number of hydrogen-bond acceptors (Lipinski definition) is 4. The number of aryl methyl sites for hydroxylation is 1. The Morgan fingerprint density at radius 2 is 2.12 bits per heavy atom. The van der Waals surface area contributed by atoms with Crippen LogP contribution < -0.4 is 5.32 Å². The largest absolute Gasteiger partial charge is 0.309 e. The van der Waals surface area contributed by atoms with Gasteiger partial charge in [0.25, 0.3) is 0 Å². The Hall–Kier alpha value is -0.940. The van der Waals surface area contributed by atoms with Crippen LogP contribution in [-0.2, 0) is 9.84 Å². The lowest BCUT2D eigenvalue weighted by molar-refractivity contribution is 0.548. The van der Waals surface area contributed by atoms with Crippen molar-refractivity contribution in [1.29, 1.82) is 0 Å². The van der Waals surface area contributed by atoms with Crippen LogP contribution in [-0.4, -0.2) is 32.0 Å². The predicted octanol–water partition coefficient (Wildman–Crippen LogP) is 1.48. The fourth-order valence-electron chi connectivity index (χ4n) is 1.66. The highest BCUT2D eigenvalue weighted by Gasteiger charge is 2.17. The molecule has 0 aliphatic heterocycles. The van der Waals surface area contributed by atoms with Crippen molar-refractivity contribution in [3.63, 3.8) is 0 Å². The van der Waals surface area contributed by atoms with Crippen molar-refractivity contribution in [1.82, 2.24) is 10.3 Å². The van der Waals surface area contributed by atoms with Crippen molar-refractivity contribution >= 4 is 9.84 Å². The third-order valence-electron chi connectivity index (χ3n) is 2.41. The minimum atomic E-state index is -3.01. The zero-order valence-electron chi connectivity index (χ0n) is 10.6. The molecule has 0 aromatic carbocycles. The Kier molecular flexibility index (Phi) is 5.08. The first-order valence-electron chi connectivity index (χ1n) is 5.75. The molecule has 0 aliphatic carbocycles. The molecule has 1 unspecified atom stereocenters. The molecule has 1 aromatic heterocycles. The molecule has 1 heterocycles. The van der Waals surface area contributed by atoms with Crippen LogP contribution in [0, 0.1) is 6.92 Å². The number of nitrogens with one attached hydrogen (secondary N) is 1. The fraction of sp³-hybridized carbons (Fsp3) is 0.583. The molecule has 1 rings (SSSR count). The minimum Gasteiger partial charge on any atom is -0.309 e. The van der Waals surface area contributed by atoms with Crippen LogP contribution in [0.1, 0.15) is 30.5 Å². The minimum absolute atomic E-state index is 0.109. The van der Waals surface area contributed by atoms with E-state index in [1.807, 2.05) is 13.0 Å². The Balaban J connectivity index is 2.89. The summed E-state index contributed by atoms with van der Waals surface area (Å²) in [6.45, 7) is 4.81. The van der Waals surface area contributed by atoms with E-state index in [0.29, 0.717) is 0 Å². The molecule has 1 atom stereocenters. The number of rotatable bonds is 6. The zero-order chi connectivity index (χ0) is 12.9. The van der Waals surface area contributed by atoms with Crippen LogP contribution in [0.15, 0.2) is 18.5 Å². The maximum Gasteiger partial charge on any atom is 0.149 e. The van der Waals surface area contributed by atoms with Gasteiger partial charge in [0.05, 0.1) is 5.75 Å². The highest BCUT2D eigenvalue weighted by atomic mass is 32.2. The van der Waals surface area contributed by atoms with E-state index in [1.165, 1.54) is 6.26 Å². The first-order chi connectivity index (χ1) is 7.92. The van der Waals surface area contributed by atoms with Crippen molar-refractivity contribution in [2.45, 2.75) is 26.3 Å². The van der Waals surface area contributed by atoms with Gasteiger partial charge in [-0.25, -0.2) is 8.42 Å². The van der Waals surface area contributed by atoms with E-state index < -0.39 is 9.84 Å². The summed E-state index contributed by atoms with van der Waals surface area (Å²) in [5, 5.41) is 3.25. The first-order valence-corrected chi connectivity index (χ1v) is 7.81. The Labute approximate surface area is 103 Å². The van der Waals surface area contributed by atoms with Gasteiger partial charge in [-0.05, 0) is 31.0 Å². The van der Waals surface area contributed by atoms with Crippen LogP contribution in [0.3, 0.4) is 0 Å². The van der Waals surface area contributed by atoms with Crippen LogP contribution >= 0.6 is 0 Å². The molecule has 0 aliphatic rings. The monoisotopic (exact) mass is 256 g/mol. The van der Waals surface area contributed by atoms with E-state index in [4.69, 9.17) is 0 Å². The van der Waals surface area contributed by atoms with E-state index in [0.717, 1.165) is 24.1 Å². The van der Waals surface area contributed by atoms with Gasteiger partial charge in [-0.1, -0.05) is 13.0 Å². The standard InChI is InChI=1S/C12H20N2O2S/c1-4-5-14-12(9-17(3,15)16)11-6-10(2)7-13-8-11/h6-8,12,14H,4-5,9H2,1-3H3. The van der Waals surface area contributed by atoms with Crippen molar-refractivity contribution in [3.8, 4) is 0 Å². The molecule has 0 saturated carbocycles. The van der Waals surface area contributed by atoms with Gasteiger partial charge in [0.2, 0.25) is 0 Å². The second kappa shape index (κ2) is 6.12. The summed E-state index contributed by atoms with van der Waals surface area (Å²) in [6.07, 6.45) is 5.72. The normalized spacial score (nSPS) is 13.6. The van der Waals surface area contributed by atoms with Crippen molar-refractivity contribution in [3.05, 3.63) is 29.6 Å². The molecule has 5 heteroatoms. The van der Waals surface area contributed by atoms with Crippen molar-refractivity contribution < 1.29 is 8.42 Å². The van der Waals surface area contributed by atoms with E-state index in [1.54, 1.807) is 12.4 Å². The Morgan fingerprint density at radius 1 is 1.41 bits per heavy atom. The smallest absolute Gasteiger partial charge is 0.149 e. The molecule has 0 fully saturated rings. The zero-order valence-corrected chi connectivity index (χ0v) is 11.4. The molecule has 1 aromatic rings. The molecule has 96 valence electrons. The predicted molar refractivity (Wildman–Crippen MR) is 69.7 cm³/mol. The number of aromatic nitrogens is 1. The second-order valence-electron chi connectivity index (χ2n) is 4.39. The third kappa shape index (κ3) is 5.28. The SMILES string of the molecule is CCCNC(CS(C)(=O)=O)c1cncc(C)c1. The molecule has 4 nitrogen and oxygen atoms in total. The van der Waals surface area contributed by atoms with Crippen LogP contribution in [0.25, 0.3) is 0 Å². The van der Waals surface area contributed by atoms with Gasteiger partial charge in [0.15, 0.2) is 0 Å². The Morgan fingerprint density at radius 3 is 2.65 bits per heavy atom. The summed E-state index contributed by atoms with van der Waals surface area (Å²) in [5.41, 5.74) is 1.98. The lowest BCUT2D eigenvalue weighted by atomic mass is 10.1. The summed E-state index contributed by atoms with van der Waals surface area (Å²) in [7, 11) is -3.01. The highest BCUT2D eigenvalue weighted by molar-refractivity contribution is 7.90. The topological polar surface area (TPSA) is 59.1 Å². The second-order valence-corrected chi connectivity index (χ2v) is 6.58. The average Bonchev–Trinajstić information content (AvgIpc) is 2.22. The lowest BCUT2D eigenvalue weighted by Crippen LogP contribution is -2.28. The summed E-state index contributed by atoms with van der Waals surface area (Å²) < 4.78 is 22.8. The van der Waals surface area contributed by atoms with Gasteiger partial charge in [-0.2, -0.15) is 0 Å². The van der Waals surface area contributed by atoms with Gasteiger partial charge in [0, 0.05) is 24.7 Å². The summed E-state index contributed by atoms with van der Waals surface area (Å²) in [5.74, 6) is 0.109. The molecule has 0 amide bonds. The summed E-state index contributed by atoms with van der Waals surface area (Å²) >= 11 is 0. The number of pyridine rings is 1. The molecule has 1 N–H and O–H groups in total. The van der Waals surface area contributed by atoms with Crippen molar-refractivity contribution in [2.75, 3.05) is 18.6 Å². The highest BCUT2D eigenvalue weighted by Crippen LogP contribution is 2.15. The van der Waals surface area contributed by atoms with Gasteiger partial charge < -0.3 is 5.32 Å². The van der Waals surface area contributed by atoms with E-state index in [9.17, 15) is 8.42 Å². The van der Waals surface area contributed by atoms with E-state index in [-0.39, 0.29) is 11.8 Å². The van der Waals surface area contributed by atoms with Crippen LogP contribution in [0.4, 0.5) is 0 Å². The van der Waals surface area contributed by atoms with Crippen LogP contribution in [0.2, 0.25) is 0 Å². The molecular formula is C12H20N2O2S. The maximum absolute atomic E-state index is 11.4. The van der Waals surface area contributed by atoms with Crippen LogP contribution in [0.5, 0.6) is 0 Å².